The molecule has 1 amide bonds. The molecule has 0 radical (unpaired) electrons. The first-order chi connectivity index (χ1) is 10.1. The van der Waals surface area contributed by atoms with Crippen LogP contribution in [0.2, 0.25) is 0 Å². The van der Waals surface area contributed by atoms with E-state index in [4.69, 9.17) is 5.73 Å². The molecule has 1 aromatic carbocycles. The molecule has 6 nitrogen and oxygen atoms in total. The van der Waals surface area contributed by atoms with Crippen LogP contribution in [0.25, 0.3) is 5.69 Å². The Balaban J connectivity index is 2.22. The van der Waals surface area contributed by atoms with Crippen molar-refractivity contribution in [3.05, 3.63) is 42.5 Å². The molecule has 0 saturated heterocycles. The summed E-state index contributed by atoms with van der Waals surface area (Å²) in [6.07, 6.45) is 4.66. The lowest BCUT2D eigenvalue weighted by Crippen LogP contribution is -2.52. The quantitative estimate of drug-likeness (QED) is 0.843. The van der Waals surface area contributed by atoms with Gasteiger partial charge in [0.2, 0.25) is 0 Å². The fourth-order valence-electron chi connectivity index (χ4n) is 2.21. The van der Waals surface area contributed by atoms with Crippen LogP contribution >= 0.6 is 0 Å². The van der Waals surface area contributed by atoms with E-state index in [0.29, 0.717) is 12.1 Å². The van der Waals surface area contributed by atoms with Crippen molar-refractivity contribution in [3.8, 4) is 5.69 Å². The standard InChI is InChI=1S/C15H21N5O/c1-3-15(4-2,9-16)19-14(21)12-6-5-7-13(8-12)20-11-17-10-18-20/h5-8,10-11H,3-4,9,16H2,1-2H3,(H,19,21). The van der Waals surface area contributed by atoms with Crippen molar-refractivity contribution in [2.45, 2.75) is 32.2 Å². The van der Waals surface area contributed by atoms with Crippen molar-refractivity contribution in [1.82, 2.24) is 20.1 Å². The van der Waals surface area contributed by atoms with Crippen molar-refractivity contribution >= 4 is 5.91 Å². The zero-order chi connectivity index (χ0) is 15.3. The number of rotatable bonds is 6. The summed E-state index contributed by atoms with van der Waals surface area (Å²) in [5.74, 6) is -0.119. The summed E-state index contributed by atoms with van der Waals surface area (Å²) in [4.78, 5) is 16.4. The summed E-state index contributed by atoms with van der Waals surface area (Å²) >= 11 is 0. The average molecular weight is 287 g/mol. The minimum absolute atomic E-state index is 0.119. The van der Waals surface area contributed by atoms with E-state index in [-0.39, 0.29) is 11.4 Å². The maximum absolute atomic E-state index is 12.4. The molecule has 0 bridgehead atoms. The number of carbonyl (C=O) groups is 1. The Hall–Kier alpha value is -2.21. The van der Waals surface area contributed by atoms with Crippen LogP contribution in [-0.2, 0) is 0 Å². The molecule has 2 aromatic rings. The molecule has 0 aliphatic rings. The zero-order valence-corrected chi connectivity index (χ0v) is 12.4. The van der Waals surface area contributed by atoms with Crippen molar-refractivity contribution in [1.29, 1.82) is 0 Å². The predicted molar refractivity (Wildman–Crippen MR) is 81.2 cm³/mol. The van der Waals surface area contributed by atoms with Crippen molar-refractivity contribution in [3.63, 3.8) is 0 Å². The van der Waals surface area contributed by atoms with Gasteiger partial charge in [0.05, 0.1) is 11.2 Å². The van der Waals surface area contributed by atoms with Gasteiger partial charge in [-0.25, -0.2) is 9.67 Å². The van der Waals surface area contributed by atoms with Crippen LogP contribution in [0, 0.1) is 0 Å². The lowest BCUT2D eigenvalue weighted by atomic mass is 9.92. The number of carbonyl (C=O) groups excluding carboxylic acids is 1. The van der Waals surface area contributed by atoms with Crippen LogP contribution in [-0.4, -0.2) is 32.8 Å². The molecule has 3 N–H and O–H groups in total. The Labute approximate surface area is 124 Å². The van der Waals surface area contributed by atoms with Gasteiger partial charge in [0.15, 0.2) is 0 Å². The van der Waals surface area contributed by atoms with Crippen molar-refractivity contribution < 1.29 is 4.79 Å². The fourth-order valence-corrected chi connectivity index (χ4v) is 2.21. The Morgan fingerprint density at radius 3 is 2.71 bits per heavy atom. The first-order valence-corrected chi connectivity index (χ1v) is 7.12. The largest absolute Gasteiger partial charge is 0.345 e. The molecule has 1 heterocycles. The van der Waals surface area contributed by atoms with Crippen molar-refractivity contribution in [2.75, 3.05) is 6.54 Å². The Morgan fingerprint density at radius 2 is 2.14 bits per heavy atom. The third-order valence-corrected chi connectivity index (χ3v) is 3.91. The number of nitrogens with one attached hydrogen (secondary N) is 1. The molecule has 0 aliphatic carbocycles. The van der Waals surface area contributed by atoms with Crippen LogP contribution in [0.5, 0.6) is 0 Å². The van der Waals surface area contributed by atoms with Crippen LogP contribution in [0.4, 0.5) is 0 Å². The van der Waals surface area contributed by atoms with Gasteiger partial charge >= 0.3 is 0 Å². The molecular formula is C15H21N5O. The molecule has 0 aliphatic heterocycles. The molecule has 1 aromatic heterocycles. The number of amides is 1. The van der Waals surface area contributed by atoms with E-state index in [1.54, 1.807) is 23.1 Å². The fraction of sp³-hybridized carbons (Fsp3) is 0.400. The summed E-state index contributed by atoms with van der Waals surface area (Å²) in [6, 6.07) is 7.27. The van der Waals surface area contributed by atoms with E-state index in [1.807, 2.05) is 26.0 Å². The molecule has 0 unspecified atom stereocenters. The highest BCUT2D eigenvalue weighted by Crippen LogP contribution is 2.15. The van der Waals surface area contributed by atoms with Gasteiger partial charge in [-0.15, -0.1) is 0 Å². The number of aromatic nitrogens is 3. The number of hydrogen-bond acceptors (Lipinski definition) is 4. The molecule has 6 heteroatoms. The molecule has 21 heavy (non-hydrogen) atoms. The van der Waals surface area contributed by atoms with E-state index in [1.165, 1.54) is 6.33 Å². The molecule has 0 saturated carbocycles. The molecular weight excluding hydrogens is 266 g/mol. The summed E-state index contributed by atoms with van der Waals surface area (Å²) < 4.78 is 1.62. The van der Waals surface area contributed by atoms with E-state index in [9.17, 15) is 4.79 Å². The van der Waals surface area contributed by atoms with E-state index < -0.39 is 0 Å². The third kappa shape index (κ3) is 3.28. The summed E-state index contributed by atoms with van der Waals surface area (Å²) in [7, 11) is 0. The van der Waals surface area contributed by atoms with E-state index in [0.717, 1.165) is 18.5 Å². The lowest BCUT2D eigenvalue weighted by molar-refractivity contribution is 0.0895. The first-order valence-electron chi connectivity index (χ1n) is 7.12. The second-order valence-electron chi connectivity index (χ2n) is 5.04. The Bertz CT molecular complexity index is 582. The van der Waals surface area contributed by atoms with Gasteiger partial charge in [0.1, 0.15) is 12.7 Å². The van der Waals surface area contributed by atoms with E-state index in [2.05, 4.69) is 15.4 Å². The SMILES string of the molecule is CCC(CC)(CN)NC(=O)c1cccc(-n2cncn2)c1. The third-order valence-electron chi connectivity index (χ3n) is 3.91. The van der Waals surface area contributed by atoms with Gasteiger partial charge in [0.25, 0.3) is 5.91 Å². The number of hydrogen-bond donors (Lipinski definition) is 2. The molecule has 0 atom stereocenters. The topological polar surface area (TPSA) is 85.8 Å². The van der Waals surface area contributed by atoms with Crippen LogP contribution < -0.4 is 11.1 Å². The second kappa shape index (κ2) is 6.49. The van der Waals surface area contributed by atoms with E-state index >= 15 is 0 Å². The molecule has 0 fully saturated rings. The van der Waals surface area contributed by atoms with Crippen molar-refractivity contribution in [2.24, 2.45) is 5.73 Å². The average Bonchev–Trinajstić information content (AvgIpc) is 3.07. The highest BCUT2D eigenvalue weighted by Gasteiger charge is 2.26. The minimum atomic E-state index is -0.347. The summed E-state index contributed by atoms with van der Waals surface area (Å²) in [5.41, 5.74) is 6.86. The van der Waals surface area contributed by atoms with Gasteiger partial charge in [-0.2, -0.15) is 5.10 Å². The van der Waals surface area contributed by atoms with Gasteiger partial charge in [-0.3, -0.25) is 4.79 Å². The molecule has 2 rings (SSSR count). The minimum Gasteiger partial charge on any atom is -0.345 e. The first kappa shape index (κ1) is 15.2. The Morgan fingerprint density at radius 1 is 1.38 bits per heavy atom. The summed E-state index contributed by atoms with van der Waals surface area (Å²) in [5, 5.41) is 7.12. The molecule has 0 spiro atoms. The maximum Gasteiger partial charge on any atom is 0.251 e. The number of nitrogens with zero attached hydrogens (tertiary/aromatic N) is 3. The van der Waals surface area contributed by atoms with Gasteiger partial charge in [-0.1, -0.05) is 19.9 Å². The van der Waals surface area contributed by atoms with Gasteiger partial charge in [0, 0.05) is 12.1 Å². The van der Waals surface area contributed by atoms with Gasteiger partial charge in [-0.05, 0) is 31.0 Å². The molecule has 112 valence electrons. The lowest BCUT2D eigenvalue weighted by Gasteiger charge is -2.31. The maximum atomic E-state index is 12.4. The zero-order valence-electron chi connectivity index (χ0n) is 12.4. The Kier molecular flexibility index (Phi) is 4.70. The highest BCUT2D eigenvalue weighted by atomic mass is 16.1. The van der Waals surface area contributed by atoms with Crippen LogP contribution in [0.3, 0.4) is 0 Å². The monoisotopic (exact) mass is 287 g/mol. The van der Waals surface area contributed by atoms with Crippen LogP contribution in [0.15, 0.2) is 36.9 Å². The smallest absolute Gasteiger partial charge is 0.251 e. The predicted octanol–water partition coefficient (Wildman–Crippen LogP) is 1.51. The second-order valence-corrected chi connectivity index (χ2v) is 5.04. The number of nitrogens with two attached hydrogens (primary N) is 1. The highest BCUT2D eigenvalue weighted by molar-refractivity contribution is 5.95. The summed E-state index contributed by atoms with van der Waals surface area (Å²) in [6.45, 7) is 4.49. The number of benzene rings is 1. The normalized spacial score (nSPS) is 11.4. The van der Waals surface area contributed by atoms with Gasteiger partial charge < -0.3 is 11.1 Å². The van der Waals surface area contributed by atoms with Crippen LogP contribution in [0.1, 0.15) is 37.0 Å².